The van der Waals surface area contributed by atoms with Crippen LogP contribution in [-0.2, 0) is 0 Å². The van der Waals surface area contributed by atoms with E-state index in [2.05, 4.69) is 120 Å². The van der Waals surface area contributed by atoms with Crippen molar-refractivity contribution in [3.05, 3.63) is 140 Å². The van der Waals surface area contributed by atoms with Gasteiger partial charge in [-0.2, -0.15) is 0 Å². The standard InChI is InChI=1S/C38H23NO2/c1-2-8-29-24(7-1)13-14-25-21-26(15-18-30(25)29)39(27-16-19-33-31-9-3-5-11-35(31)40-37(33)22-27)28-17-20-34-32-10-4-6-12-36(32)41-38(34)23-28/h1-23H. The number of rotatable bonds is 3. The SMILES string of the molecule is c1ccc2c(c1)ccc1cc(N(c3ccc4c(c3)oc3ccccc34)c3ccc4c(c3)oc3ccccc34)ccc12. The Balaban J connectivity index is 1.28. The van der Waals surface area contributed by atoms with E-state index in [-0.39, 0.29) is 0 Å². The molecule has 0 aliphatic heterocycles. The Hall–Kier alpha value is -5.54. The van der Waals surface area contributed by atoms with Crippen LogP contribution in [0.4, 0.5) is 17.1 Å². The molecule has 9 aromatic rings. The van der Waals surface area contributed by atoms with Gasteiger partial charge in [0, 0.05) is 50.7 Å². The Morgan fingerprint density at radius 3 is 1.39 bits per heavy atom. The zero-order valence-electron chi connectivity index (χ0n) is 22.0. The predicted molar refractivity (Wildman–Crippen MR) is 171 cm³/mol. The second-order valence-corrected chi connectivity index (χ2v) is 10.6. The molecule has 0 amide bonds. The van der Waals surface area contributed by atoms with E-state index in [9.17, 15) is 0 Å². The van der Waals surface area contributed by atoms with Crippen molar-refractivity contribution < 1.29 is 8.83 Å². The Kier molecular flexibility index (Phi) is 4.61. The van der Waals surface area contributed by atoms with E-state index >= 15 is 0 Å². The summed E-state index contributed by atoms with van der Waals surface area (Å²) in [5, 5.41) is 9.42. The first-order valence-corrected chi connectivity index (χ1v) is 13.8. The molecule has 0 aliphatic carbocycles. The van der Waals surface area contributed by atoms with Gasteiger partial charge in [0.25, 0.3) is 0 Å². The molecular formula is C38H23NO2. The molecular weight excluding hydrogens is 502 g/mol. The van der Waals surface area contributed by atoms with Crippen molar-refractivity contribution in [1.82, 2.24) is 0 Å². The topological polar surface area (TPSA) is 29.5 Å². The first-order valence-electron chi connectivity index (χ1n) is 13.8. The molecule has 41 heavy (non-hydrogen) atoms. The van der Waals surface area contributed by atoms with Crippen molar-refractivity contribution in [2.75, 3.05) is 4.90 Å². The molecule has 0 fully saturated rings. The molecule has 2 aromatic heterocycles. The summed E-state index contributed by atoms with van der Waals surface area (Å²) in [7, 11) is 0. The molecule has 0 unspecified atom stereocenters. The lowest BCUT2D eigenvalue weighted by atomic mass is 10.0. The molecule has 0 aliphatic rings. The van der Waals surface area contributed by atoms with E-state index in [1.165, 1.54) is 21.5 Å². The molecule has 0 radical (unpaired) electrons. The highest BCUT2D eigenvalue weighted by molar-refractivity contribution is 6.10. The highest BCUT2D eigenvalue weighted by Crippen LogP contribution is 2.42. The molecule has 0 N–H and O–H groups in total. The molecule has 0 saturated carbocycles. The maximum atomic E-state index is 6.30. The van der Waals surface area contributed by atoms with Crippen molar-refractivity contribution in [2.45, 2.75) is 0 Å². The number of benzene rings is 7. The minimum absolute atomic E-state index is 0.866. The third kappa shape index (κ3) is 3.39. The van der Waals surface area contributed by atoms with E-state index in [1.54, 1.807) is 0 Å². The van der Waals surface area contributed by atoms with Crippen LogP contribution in [0.3, 0.4) is 0 Å². The minimum atomic E-state index is 0.866. The maximum Gasteiger partial charge on any atom is 0.137 e. The highest BCUT2D eigenvalue weighted by Gasteiger charge is 2.18. The van der Waals surface area contributed by atoms with Crippen LogP contribution in [0.25, 0.3) is 65.4 Å². The van der Waals surface area contributed by atoms with E-state index in [4.69, 9.17) is 8.83 Å². The fraction of sp³-hybridized carbons (Fsp3) is 0. The van der Waals surface area contributed by atoms with E-state index in [0.29, 0.717) is 0 Å². The van der Waals surface area contributed by atoms with Crippen LogP contribution in [0.1, 0.15) is 0 Å². The highest BCUT2D eigenvalue weighted by atomic mass is 16.3. The van der Waals surface area contributed by atoms with Gasteiger partial charge >= 0.3 is 0 Å². The van der Waals surface area contributed by atoms with Crippen molar-refractivity contribution >= 4 is 82.5 Å². The first-order chi connectivity index (χ1) is 20.3. The smallest absolute Gasteiger partial charge is 0.137 e. The van der Waals surface area contributed by atoms with Crippen LogP contribution in [0.2, 0.25) is 0 Å². The summed E-state index contributed by atoms with van der Waals surface area (Å²) in [5.74, 6) is 0. The normalized spacial score (nSPS) is 11.9. The van der Waals surface area contributed by atoms with Crippen LogP contribution in [-0.4, -0.2) is 0 Å². The molecule has 0 spiro atoms. The molecule has 3 nitrogen and oxygen atoms in total. The summed E-state index contributed by atoms with van der Waals surface area (Å²) >= 11 is 0. The van der Waals surface area contributed by atoms with Crippen LogP contribution in [0.15, 0.2) is 148 Å². The van der Waals surface area contributed by atoms with Crippen LogP contribution in [0.5, 0.6) is 0 Å². The van der Waals surface area contributed by atoms with E-state index in [1.807, 2.05) is 24.3 Å². The lowest BCUT2D eigenvalue weighted by Gasteiger charge is -2.26. The van der Waals surface area contributed by atoms with Gasteiger partial charge in [-0.3, -0.25) is 0 Å². The van der Waals surface area contributed by atoms with Crippen LogP contribution in [0, 0.1) is 0 Å². The van der Waals surface area contributed by atoms with E-state index in [0.717, 1.165) is 60.9 Å². The lowest BCUT2D eigenvalue weighted by molar-refractivity contribution is 0.669. The Labute approximate surface area is 235 Å². The van der Waals surface area contributed by atoms with Gasteiger partial charge in [0.1, 0.15) is 22.3 Å². The molecule has 0 atom stereocenters. The fourth-order valence-electron chi connectivity index (χ4n) is 6.29. The second kappa shape index (κ2) is 8.48. The quantitative estimate of drug-likeness (QED) is 0.215. The van der Waals surface area contributed by atoms with Crippen molar-refractivity contribution in [3.63, 3.8) is 0 Å². The van der Waals surface area contributed by atoms with Gasteiger partial charge in [0.2, 0.25) is 0 Å². The summed E-state index contributed by atoms with van der Waals surface area (Å²) in [6.07, 6.45) is 0. The minimum Gasteiger partial charge on any atom is -0.456 e. The third-order valence-electron chi connectivity index (χ3n) is 8.23. The molecule has 3 heteroatoms. The zero-order chi connectivity index (χ0) is 26.9. The summed E-state index contributed by atoms with van der Waals surface area (Å²) in [5.41, 5.74) is 6.63. The largest absolute Gasteiger partial charge is 0.456 e. The Morgan fingerprint density at radius 2 is 0.756 bits per heavy atom. The second-order valence-electron chi connectivity index (χ2n) is 10.6. The summed E-state index contributed by atoms with van der Waals surface area (Å²) in [6, 6.07) is 49.1. The van der Waals surface area contributed by atoms with Crippen LogP contribution < -0.4 is 4.90 Å². The molecule has 0 bridgehead atoms. The number of fused-ring (bicyclic) bond motifs is 9. The van der Waals surface area contributed by atoms with Crippen molar-refractivity contribution in [1.29, 1.82) is 0 Å². The number of anilines is 3. The number of para-hydroxylation sites is 2. The third-order valence-corrected chi connectivity index (χ3v) is 8.23. The van der Waals surface area contributed by atoms with Crippen molar-refractivity contribution in [3.8, 4) is 0 Å². The van der Waals surface area contributed by atoms with Crippen molar-refractivity contribution in [2.24, 2.45) is 0 Å². The fourth-order valence-corrected chi connectivity index (χ4v) is 6.29. The summed E-state index contributed by atoms with van der Waals surface area (Å²) in [6.45, 7) is 0. The van der Waals surface area contributed by atoms with Crippen LogP contribution >= 0.6 is 0 Å². The predicted octanol–water partition coefficient (Wildman–Crippen LogP) is 11.3. The first kappa shape index (κ1) is 22.3. The molecule has 192 valence electrons. The maximum absolute atomic E-state index is 6.30. The Bertz CT molecular complexity index is 2330. The van der Waals surface area contributed by atoms with Gasteiger partial charge in [-0.15, -0.1) is 0 Å². The number of furan rings is 2. The molecule has 7 aromatic carbocycles. The zero-order valence-corrected chi connectivity index (χ0v) is 22.0. The average molecular weight is 526 g/mol. The van der Waals surface area contributed by atoms with E-state index < -0.39 is 0 Å². The summed E-state index contributed by atoms with van der Waals surface area (Å²) < 4.78 is 12.6. The number of hydrogen-bond acceptors (Lipinski definition) is 3. The Morgan fingerprint density at radius 1 is 0.317 bits per heavy atom. The van der Waals surface area contributed by atoms with Gasteiger partial charge < -0.3 is 13.7 Å². The average Bonchev–Trinajstić information content (AvgIpc) is 3.58. The molecule has 9 rings (SSSR count). The lowest BCUT2D eigenvalue weighted by Crippen LogP contribution is -2.09. The van der Waals surface area contributed by atoms with Gasteiger partial charge in [-0.1, -0.05) is 78.9 Å². The van der Waals surface area contributed by atoms with Gasteiger partial charge in [-0.05, 0) is 70.1 Å². The van der Waals surface area contributed by atoms with Gasteiger partial charge in [0.05, 0.1) is 0 Å². The molecule has 0 saturated heterocycles. The summed E-state index contributed by atoms with van der Waals surface area (Å²) in [4.78, 5) is 2.29. The van der Waals surface area contributed by atoms with Gasteiger partial charge in [0.15, 0.2) is 0 Å². The van der Waals surface area contributed by atoms with Gasteiger partial charge in [-0.25, -0.2) is 0 Å². The monoisotopic (exact) mass is 525 g/mol. The number of nitrogens with zero attached hydrogens (tertiary/aromatic N) is 1. The molecule has 2 heterocycles. The number of hydrogen-bond donors (Lipinski definition) is 0.